The highest BCUT2D eigenvalue weighted by molar-refractivity contribution is 6.04. The lowest BCUT2D eigenvalue weighted by Gasteiger charge is -2.06. The highest BCUT2D eigenvalue weighted by Gasteiger charge is 2.08. The first-order valence-corrected chi connectivity index (χ1v) is 6.79. The van der Waals surface area contributed by atoms with Gasteiger partial charge in [0.15, 0.2) is 0 Å². The Hall–Kier alpha value is -2.36. The van der Waals surface area contributed by atoms with Gasteiger partial charge in [-0.3, -0.25) is 9.59 Å². The Balaban J connectivity index is 2.10. The molecular weight excluding hydrogens is 252 g/mol. The maximum absolute atomic E-state index is 12.0. The van der Waals surface area contributed by atoms with Crippen molar-refractivity contribution in [1.29, 1.82) is 0 Å². The minimum atomic E-state index is -0.280. The molecule has 1 amide bonds. The normalized spacial score (nSPS) is 10.2. The molecule has 0 aliphatic heterocycles. The van der Waals surface area contributed by atoms with Gasteiger partial charge in [-0.1, -0.05) is 31.5 Å². The van der Waals surface area contributed by atoms with Gasteiger partial charge in [-0.25, -0.2) is 0 Å². The SMILES string of the molecule is CCCCc1ccc(NC(=O)c2ccccc2)c(=O)[nH]1. The second kappa shape index (κ2) is 6.70. The third kappa shape index (κ3) is 3.57. The van der Waals surface area contributed by atoms with Crippen molar-refractivity contribution < 1.29 is 4.79 Å². The maximum atomic E-state index is 12.0. The van der Waals surface area contributed by atoms with Crippen LogP contribution < -0.4 is 10.9 Å². The topological polar surface area (TPSA) is 62.0 Å². The van der Waals surface area contributed by atoms with Gasteiger partial charge in [-0.15, -0.1) is 0 Å². The van der Waals surface area contributed by atoms with E-state index in [1.165, 1.54) is 0 Å². The summed E-state index contributed by atoms with van der Waals surface area (Å²) in [5, 5.41) is 2.63. The van der Waals surface area contributed by atoms with Gasteiger partial charge in [0.2, 0.25) is 0 Å². The van der Waals surface area contributed by atoms with Crippen molar-refractivity contribution in [3.8, 4) is 0 Å². The zero-order valence-corrected chi connectivity index (χ0v) is 11.5. The number of anilines is 1. The molecule has 104 valence electrons. The molecule has 0 radical (unpaired) electrons. The first kappa shape index (κ1) is 14.1. The van der Waals surface area contributed by atoms with Gasteiger partial charge in [0.25, 0.3) is 11.5 Å². The van der Waals surface area contributed by atoms with Crippen LogP contribution in [0.5, 0.6) is 0 Å². The molecule has 1 aromatic carbocycles. The summed E-state index contributed by atoms with van der Waals surface area (Å²) in [5.41, 5.74) is 1.44. The summed E-state index contributed by atoms with van der Waals surface area (Å²) in [7, 11) is 0. The number of rotatable bonds is 5. The van der Waals surface area contributed by atoms with Gasteiger partial charge in [0.05, 0.1) is 0 Å². The number of pyridine rings is 1. The monoisotopic (exact) mass is 270 g/mol. The van der Waals surface area contributed by atoms with Crippen molar-refractivity contribution in [3.63, 3.8) is 0 Å². The number of amides is 1. The van der Waals surface area contributed by atoms with Crippen LogP contribution in [0.3, 0.4) is 0 Å². The average molecular weight is 270 g/mol. The van der Waals surface area contributed by atoms with Crippen molar-refractivity contribution in [3.05, 3.63) is 64.1 Å². The molecule has 2 N–H and O–H groups in total. The zero-order valence-electron chi connectivity index (χ0n) is 11.5. The fraction of sp³-hybridized carbons (Fsp3) is 0.250. The summed E-state index contributed by atoms with van der Waals surface area (Å²) >= 11 is 0. The smallest absolute Gasteiger partial charge is 0.271 e. The predicted octanol–water partition coefficient (Wildman–Crippen LogP) is 2.97. The van der Waals surface area contributed by atoms with E-state index in [1.54, 1.807) is 30.3 Å². The number of hydrogen-bond acceptors (Lipinski definition) is 2. The fourth-order valence-electron chi connectivity index (χ4n) is 1.91. The zero-order chi connectivity index (χ0) is 14.4. The molecule has 1 aromatic heterocycles. The van der Waals surface area contributed by atoms with E-state index in [9.17, 15) is 9.59 Å². The van der Waals surface area contributed by atoms with Crippen LogP contribution in [0.1, 0.15) is 35.8 Å². The largest absolute Gasteiger partial charge is 0.324 e. The van der Waals surface area contributed by atoms with E-state index in [4.69, 9.17) is 0 Å². The molecule has 0 aliphatic carbocycles. The van der Waals surface area contributed by atoms with Crippen LogP contribution in [0.2, 0.25) is 0 Å². The Morgan fingerprint density at radius 3 is 2.55 bits per heavy atom. The quantitative estimate of drug-likeness (QED) is 0.877. The fourth-order valence-corrected chi connectivity index (χ4v) is 1.91. The highest BCUT2D eigenvalue weighted by Crippen LogP contribution is 2.06. The van der Waals surface area contributed by atoms with Crippen molar-refractivity contribution >= 4 is 11.6 Å². The van der Waals surface area contributed by atoms with Gasteiger partial charge >= 0.3 is 0 Å². The molecule has 0 spiro atoms. The number of aromatic amines is 1. The number of unbranched alkanes of at least 4 members (excludes halogenated alkanes) is 1. The number of nitrogens with one attached hydrogen (secondary N) is 2. The first-order valence-electron chi connectivity index (χ1n) is 6.79. The number of aromatic nitrogens is 1. The van der Waals surface area contributed by atoms with Crippen LogP contribution in [0.15, 0.2) is 47.3 Å². The lowest BCUT2D eigenvalue weighted by molar-refractivity contribution is 0.102. The van der Waals surface area contributed by atoms with E-state index in [0.29, 0.717) is 5.56 Å². The molecule has 2 rings (SSSR count). The lowest BCUT2D eigenvalue weighted by Crippen LogP contribution is -2.20. The van der Waals surface area contributed by atoms with Crippen LogP contribution in [0.4, 0.5) is 5.69 Å². The molecule has 1 heterocycles. The molecule has 0 fully saturated rings. The number of benzene rings is 1. The Morgan fingerprint density at radius 1 is 1.15 bits per heavy atom. The Morgan fingerprint density at radius 2 is 1.90 bits per heavy atom. The summed E-state index contributed by atoms with van der Waals surface area (Å²) in [4.78, 5) is 26.7. The maximum Gasteiger partial charge on any atom is 0.271 e. The molecule has 0 saturated heterocycles. The number of carbonyl (C=O) groups excluding carboxylic acids is 1. The van der Waals surface area contributed by atoms with Crippen LogP contribution >= 0.6 is 0 Å². The number of H-pyrrole nitrogens is 1. The van der Waals surface area contributed by atoms with E-state index < -0.39 is 0 Å². The van der Waals surface area contributed by atoms with Gasteiger partial charge in [0, 0.05) is 11.3 Å². The molecule has 0 bridgehead atoms. The number of aryl methyl sites for hydroxylation is 1. The molecular formula is C16H18N2O2. The van der Waals surface area contributed by atoms with Crippen molar-refractivity contribution in [2.24, 2.45) is 0 Å². The van der Waals surface area contributed by atoms with Gasteiger partial charge in [-0.05, 0) is 37.1 Å². The molecule has 20 heavy (non-hydrogen) atoms. The minimum Gasteiger partial charge on any atom is -0.324 e. The molecule has 0 aliphatic rings. The van der Waals surface area contributed by atoms with Crippen LogP contribution in [-0.4, -0.2) is 10.9 Å². The van der Waals surface area contributed by atoms with Crippen molar-refractivity contribution in [2.75, 3.05) is 5.32 Å². The van der Waals surface area contributed by atoms with E-state index in [1.807, 2.05) is 12.1 Å². The molecule has 0 unspecified atom stereocenters. The third-order valence-corrected chi connectivity index (χ3v) is 3.05. The summed E-state index contributed by atoms with van der Waals surface area (Å²) < 4.78 is 0. The van der Waals surface area contributed by atoms with Crippen molar-refractivity contribution in [1.82, 2.24) is 4.98 Å². The van der Waals surface area contributed by atoms with E-state index in [0.717, 1.165) is 25.0 Å². The Labute approximate surface area is 117 Å². The molecule has 4 heteroatoms. The molecule has 4 nitrogen and oxygen atoms in total. The predicted molar refractivity (Wildman–Crippen MR) is 80.1 cm³/mol. The second-order valence-corrected chi connectivity index (χ2v) is 4.65. The summed E-state index contributed by atoms with van der Waals surface area (Å²) in [6, 6.07) is 12.3. The molecule has 0 atom stereocenters. The van der Waals surface area contributed by atoms with Gasteiger partial charge in [0.1, 0.15) is 5.69 Å². The van der Waals surface area contributed by atoms with Crippen LogP contribution in [0.25, 0.3) is 0 Å². The van der Waals surface area contributed by atoms with Gasteiger partial charge < -0.3 is 10.3 Å². The number of carbonyl (C=O) groups is 1. The first-order chi connectivity index (χ1) is 9.70. The van der Waals surface area contributed by atoms with E-state index in [2.05, 4.69) is 17.2 Å². The summed E-state index contributed by atoms with van der Waals surface area (Å²) in [6.07, 6.45) is 2.96. The highest BCUT2D eigenvalue weighted by atomic mass is 16.2. The standard InChI is InChI=1S/C16H18N2O2/c1-2-3-9-13-10-11-14(16(20)17-13)18-15(19)12-7-5-4-6-8-12/h4-8,10-11H,2-3,9H2,1H3,(H,17,20)(H,18,19). The van der Waals surface area contributed by atoms with Gasteiger partial charge in [-0.2, -0.15) is 0 Å². The molecule has 2 aromatic rings. The summed E-state index contributed by atoms with van der Waals surface area (Å²) in [6.45, 7) is 2.10. The summed E-state index contributed by atoms with van der Waals surface area (Å²) in [5.74, 6) is -0.280. The number of hydrogen-bond donors (Lipinski definition) is 2. The van der Waals surface area contributed by atoms with Crippen molar-refractivity contribution in [2.45, 2.75) is 26.2 Å². The molecule has 0 saturated carbocycles. The second-order valence-electron chi connectivity index (χ2n) is 4.65. The third-order valence-electron chi connectivity index (χ3n) is 3.05. The minimum absolute atomic E-state index is 0.261. The average Bonchev–Trinajstić information content (AvgIpc) is 2.48. The Bertz CT molecular complexity index is 632. The van der Waals surface area contributed by atoms with E-state index >= 15 is 0 Å². The Kier molecular flexibility index (Phi) is 4.71. The van der Waals surface area contributed by atoms with E-state index in [-0.39, 0.29) is 17.2 Å². The lowest BCUT2D eigenvalue weighted by atomic mass is 10.2. The van der Waals surface area contributed by atoms with Crippen LogP contribution in [0, 0.1) is 0 Å². The van der Waals surface area contributed by atoms with Crippen LogP contribution in [-0.2, 0) is 6.42 Å².